The van der Waals surface area contributed by atoms with Crippen LogP contribution in [-0.2, 0) is 9.53 Å². The lowest BCUT2D eigenvalue weighted by atomic mass is 10.2. The highest BCUT2D eigenvalue weighted by Gasteiger charge is 2.13. The number of hydrogen-bond acceptors (Lipinski definition) is 4. The average Bonchev–Trinajstić information content (AvgIpc) is 2.31. The van der Waals surface area contributed by atoms with Crippen LogP contribution in [0.25, 0.3) is 0 Å². The number of urea groups is 1. The standard InChI is InChI=1S/C13H27N3O3/c1-6-19-12(17)9-15-13(18)14-7-8-16(10(2)3)11(4)5/h10-11H,6-9H2,1-5H3,(H2,14,15,18). The number of carbonyl (C=O) groups is 2. The van der Waals surface area contributed by atoms with Crippen molar-refractivity contribution >= 4 is 12.0 Å². The highest BCUT2D eigenvalue weighted by atomic mass is 16.5. The lowest BCUT2D eigenvalue weighted by molar-refractivity contribution is -0.141. The fourth-order valence-corrected chi connectivity index (χ4v) is 1.84. The fraction of sp³-hybridized carbons (Fsp3) is 0.846. The van der Waals surface area contributed by atoms with Crippen molar-refractivity contribution < 1.29 is 14.3 Å². The zero-order valence-corrected chi connectivity index (χ0v) is 12.7. The summed E-state index contributed by atoms with van der Waals surface area (Å²) in [7, 11) is 0. The van der Waals surface area contributed by atoms with Gasteiger partial charge in [-0.05, 0) is 34.6 Å². The van der Waals surface area contributed by atoms with Gasteiger partial charge in [-0.25, -0.2) is 4.79 Å². The van der Waals surface area contributed by atoms with E-state index in [0.29, 0.717) is 25.2 Å². The fourth-order valence-electron chi connectivity index (χ4n) is 1.84. The summed E-state index contributed by atoms with van der Waals surface area (Å²) in [5.41, 5.74) is 0. The molecule has 19 heavy (non-hydrogen) atoms. The first kappa shape index (κ1) is 17.7. The Morgan fingerprint density at radius 3 is 2.16 bits per heavy atom. The maximum atomic E-state index is 11.4. The van der Waals surface area contributed by atoms with Gasteiger partial charge in [0.25, 0.3) is 0 Å². The van der Waals surface area contributed by atoms with Gasteiger partial charge in [0, 0.05) is 25.2 Å². The Labute approximate surface area is 115 Å². The van der Waals surface area contributed by atoms with Crippen LogP contribution in [0.2, 0.25) is 0 Å². The molecule has 0 fully saturated rings. The van der Waals surface area contributed by atoms with E-state index in [-0.39, 0.29) is 12.6 Å². The van der Waals surface area contributed by atoms with Crippen molar-refractivity contribution in [1.82, 2.24) is 15.5 Å². The number of ether oxygens (including phenoxy) is 1. The number of rotatable bonds is 8. The molecule has 6 heteroatoms. The van der Waals surface area contributed by atoms with Gasteiger partial charge in [0.2, 0.25) is 0 Å². The lowest BCUT2D eigenvalue weighted by Crippen LogP contribution is -2.45. The van der Waals surface area contributed by atoms with Crippen LogP contribution in [0.3, 0.4) is 0 Å². The maximum Gasteiger partial charge on any atom is 0.325 e. The molecule has 112 valence electrons. The molecule has 0 rings (SSSR count). The molecule has 0 saturated heterocycles. The van der Waals surface area contributed by atoms with Crippen LogP contribution in [0, 0.1) is 0 Å². The summed E-state index contributed by atoms with van der Waals surface area (Å²) >= 11 is 0. The highest BCUT2D eigenvalue weighted by molar-refractivity contribution is 5.80. The average molecular weight is 273 g/mol. The van der Waals surface area contributed by atoms with Gasteiger partial charge in [-0.15, -0.1) is 0 Å². The molecule has 0 aromatic heterocycles. The lowest BCUT2D eigenvalue weighted by Gasteiger charge is -2.30. The van der Waals surface area contributed by atoms with E-state index in [1.165, 1.54) is 0 Å². The highest BCUT2D eigenvalue weighted by Crippen LogP contribution is 2.02. The first-order valence-corrected chi connectivity index (χ1v) is 6.81. The third-order valence-corrected chi connectivity index (χ3v) is 2.68. The van der Waals surface area contributed by atoms with Crippen molar-refractivity contribution in [3.63, 3.8) is 0 Å². The molecule has 0 unspecified atom stereocenters. The minimum Gasteiger partial charge on any atom is -0.465 e. The third kappa shape index (κ3) is 8.42. The molecular formula is C13H27N3O3. The third-order valence-electron chi connectivity index (χ3n) is 2.68. The van der Waals surface area contributed by atoms with E-state index in [2.05, 4.69) is 43.2 Å². The molecule has 0 atom stereocenters. The van der Waals surface area contributed by atoms with Crippen molar-refractivity contribution in [3.05, 3.63) is 0 Å². The predicted octanol–water partition coefficient (Wildman–Crippen LogP) is 0.968. The summed E-state index contributed by atoms with van der Waals surface area (Å²) in [5, 5.41) is 5.18. The Bertz CT molecular complexity index is 272. The molecular weight excluding hydrogens is 246 g/mol. The van der Waals surface area contributed by atoms with Gasteiger partial charge in [-0.3, -0.25) is 9.69 Å². The summed E-state index contributed by atoms with van der Waals surface area (Å²) in [4.78, 5) is 24.7. The number of amides is 2. The van der Waals surface area contributed by atoms with Crippen molar-refractivity contribution in [2.75, 3.05) is 26.2 Å². The molecule has 0 aliphatic carbocycles. The number of carbonyl (C=O) groups excluding carboxylic acids is 2. The van der Waals surface area contributed by atoms with Gasteiger partial charge >= 0.3 is 12.0 Å². The molecule has 0 heterocycles. The quantitative estimate of drug-likeness (QED) is 0.646. The Hall–Kier alpha value is -1.30. The summed E-state index contributed by atoms with van der Waals surface area (Å²) in [6.45, 7) is 11.8. The molecule has 0 radical (unpaired) electrons. The molecule has 0 spiro atoms. The van der Waals surface area contributed by atoms with E-state index in [0.717, 1.165) is 6.54 Å². The van der Waals surface area contributed by atoms with Gasteiger partial charge in [0.15, 0.2) is 0 Å². The van der Waals surface area contributed by atoms with Crippen molar-refractivity contribution in [1.29, 1.82) is 0 Å². The summed E-state index contributed by atoms with van der Waals surface area (Å²) in [6, 6.07) is 0.523. The Morgan fingerprint density at radius 1 is 1.11 bits per heavy atom. The second-order valence-electron chi connectivity index (χ2n) is 4.84. The van der Waals surface area contributed by atoms with Crippen molar-refractivity contribution in [2.45, 2.75) is 46.7 Å². The number of nitrogens with one attached hydrogen (secondary N) is 2. The monoisotopic (exact) mass is 273 g/mol. The van der Waals surface area contributed by atoms with Crippen molar-refractivity contribution in [2.24, 2.45) is 0 Å². The van der Waals surface area contributed by atoms with Crippen molar-refractivity contribution in [3.8, 4) is 0 Å². The van der Waals surface area contributed by atoms with Crippen LogP contribution >= 0.6 is 0 Å². The Kier molecular flexibility index (Phi) is 8.95. The Morgan fingerprint density at radius 2 is 1.68 bits per heavy atom. The van der Waals surface area contributed by atoms with Crippen LogP contribution in [0.5, 0.6) is 0 Å². The van der Waals surface area contributed by atoms with Gasteiger partial charge in [0.05, 0.1) is 6.61 Å². The normalized spacial score (nSPS) is 10.9. The predicted molar refractivity (Wildman–Crippen MR) is 75.0 cm³/mol. The largest absolute Gasteiger partial charge is 0.465 e. The number of hydrogen-bond donors (Lipinski definition) is 2. The first-order chi connectivity index (χ1) is 8.88. The van der Waals surface area contributed by atoms with Gasteiger partial charge in [-0.2, -0.15) is 0 Å². The first-order valence-electron chi connectivity index (χ1n) is 6.81. The van der Waals surface area contributed by atoms with Crippen LogP contribution in [-0.4, -0.2) is 55.2 Å². The van der Waals surface area contributed by atoms with E-state index in [1.807, 2.05) is 0 Å². The summed E-state index contributed by atoms with van der Waals surface area (Å²) < 4.78 is 4.71. The molecule has 2 N–H and O–H groups in total. The number of esters is 1. The molecule has 6 nitrogen and oxygen atoms in total. The molecule has 0 saturated carbocycles. The van der Waals surface area contributed by atoms with E-state index >= 15 is 0 Å². The van der Waals surface area contributed by atoms with Crippen LogP contribution in [0.1, 0.15) is 34.6 Å². The van der Waals surface area contributed by atoms with Gasteiger partial charge in [0.1, 0.15) is 6.54 Å². The zero-order chi connectivity index (χ0) is 14.8. The molecule has 0 aliphatic rings. The molecule has 2 amide bonds. The van der Waals surface area contributed by atoms with E-state index < -0.39 is 5.97 Å². The summed E-state index contributed by atoms with van der Waals surface area (Å²) in [6.07, 6.45) is 0. The molecule has 0 aromatic rings. The zero-order valence-electron chi connectivity index (χ0n) is 12.7. The Balaban J connectivity index is 3.81. The van der Waals surface area contributed by atoms with E-state index in [4.69, 9.17) is 4.74 Å². The SMILES string of the molecule is CCOC(=O)CNC(=O)NCCN(C(C)C)C(C)C. The van der Waals surface area contributed by atoms with E-state index in [1.54, 1.807) is 6.92 Å². The van der Waals surface area contributed by atoms with Crippen LogP contribution in [0.15, 0.2) is 0 Å². The molecule has 0 aromatic carbocycles. The topological polar surface area (TPSA) is 70.7 Å². The minimum atomic E-state index is -0.427. The second kappa shape index (κ2) is 9.61. The maximum absolute atomic E-state index is 11.4. The number of nitrogens with zero attached hydrogens (tertiary/aromatic N) is 1. The summed E-state index contributed by atoms with van der Waals surface area (Å²) in [5.74, 6) is -0.427. The molecule has 0 bridgehead atoms. The van der Waals surface area contributed by atoms with Gasteiger partial charge < -0.3 is 15.4 Å². The van der Waals surface area contributed by atoms with Gasteiger partial charge in [-0.1, -0.05) is 0 Å². The second-order valence-corrected chi connectivity index (χ2v) is 4.84. The van der Waals surface area contributed by atoms with Crippen LogP contribution < -0.4 is 10.6 Å². The molecule has 0 aliphatic heterocycles. The smallest absolute Gasteiger partial charge is 0.325 e. The van der Waals surface area contributed by atoms with E-state index in [9.17, 15) is 9.59 Å². The minimum absolute atomic E-state index is 0.0995. The van der Waals surface area contributed by atoms with Crippen LogP contribution in [0.4, 0.5) is 4.79 Å².